The Hall–Kier alpha value is -1.94. The fourth-order valence-corrected chi connectivity index (χ4v) is 2.11. The highest BCUT2D eigenvalue weighted by Gasteiger charge is 2.10. The molecule has 0 aliphatic carbocycles. The van der Waals surface area contributed by atoms with Gasteiger partial charge in [-0.15, -0.1) is 0 Å². The van der Waals surface area contributed by atoms with E-state index >= 15 is 0 Å². The second-order valence-electron chi connectivity index (χ2n) is 4.88. The van der Waals surface area contributed by atoms with Crippen LogP contribution in [0.2, 0.25) is 0 Å². The summed E-state index contributed by atoms with van der Waals surface area (Å²) in [6, 6.07) is 10.9. The molecule has 0 saturated heterocycles. The molecule has 0 aromatic heterocycles. The fraction of sp³-hybridized carbons (Fsp3) is 0.294. The van der Waals surface area contributed by atoms with Crippen LogP contribution in [-0.4, -0.2) is 6.54 Å². The summed E-state index contributed by atoms with van der Waals surface area (Å²) in [6.45, 7) is 4.96. The van der Waals surface area contributed by atoms with E-state index in [2.05, 4.69) is 5.32 Å². The van der Waals surface area contributed by atoms with Gasteiger partial charge in [0.15, 0.2) is 0 Å². The van der Waals surface area contributed by atoms with E-state index in [1.807, 2.05) is 13.8 Å². The minimum absolute atomic E-state index is 0.0406. The topological polar surface area (TPSA) is 21.3 Å². The van der Waals surface area contributed by atoms with Crippen LogP contribution in [0.3, 0.4) is 0 Å². The Morgan fingerprint density at radius 1 is 1.10 bits per heavy atom. The average molecular weight is 291 g/mol. The highest BCUT2D eigenvalue weighted by Crippen LogP contribution is 2.22. The van der Waals surface area contributed by atoms with Gasteiger partial charge in [-0.3, -0.25) is 0 Å². The highest BCUT2D eigenvalue weighted by molar-refractivity contribution is 5.31. The van der Waals surface area contributed by atoms with Crippen molar-refractivity contribution in [1.82, 2.24) is 5.32 Å². The molecule has 4 heteroatoms. The molecule has 0 fully saturated rings. The van der Waals surface area contributed by atoms with Crippen molar-refractivity contribution in [2.75, 3.05) is 6.54 Å². The molecule has 0 aliphatic heterocycles. The van der Waals surface area contributed by atoms with Gasteiger partial charge in [-0.25, -0.2) is 8.78 Å². The van der Waals surface area contributed by atoms with Gasteiger partial charge in [0.2, 0.25) is 0 Å². The molecule has 2 aromatic rings. The van der Waals surface area contributed by atoms with Gasteiger partial charge in [0.05, 0.1) is 0 Å². The number of nitrogens with one attached hydrogen (secondary N) is 1. The molecular weight excluding hydrogens is 272 g/mol. The van der Waals surface area contributed by atoms with Gasteiger partial charge in [0, 0.05) is 17.7 Å². The first-order chi connectivity index (χ1) is 10.1. The Morgan fingerprint density at radius 3 is 2.43 bits per heavy atom. The zero-order valence-corrected chi connectivity index (χ0v) is 12.2. The number of halogens is 2. The van der Waals surface area contributed by atoms with Crippen molar-refractivity contribution < 1.29 is 13.5 Å². The van der Waals surface area contributed by atoms with Gasteiger partial charge < -0.3 is 10.1 Å². The van der Waals surface area contributed by atoms with Crippen LogP contribution in [0.15, 0.2) is 42.5 Å². The molecule has 0 heterocycles. The van der Waals surface area contributed by atoms with E-state index < -0.39 is 0 Å². The van der Waals surface area contributed by atoms with Crippen LogP contribution in [0, 0.1) is 11.6 Å². The zero-order valence-electron chi connectivity index (χ0n) is 12.2. The molecule has 112 valence electrons. The van der Waals surface area contributed by atoms with Crippen LogP contribution in [0.25, 0.3) is 0 Å². The third-order valence-corrected chi connectivity index (χ3v) is 3.27. The quantitative estimate of drug-likeness (QED) is 0.860. The first-order valence-electron chi connectivity index (χ1n) is 7.00. The van der Waals surface area contributed by atoms with Crippen molar-refractivity contribution in [1.29, 1.82) is 0 Å². The van der Waals surface area contributed by atoms with E-state index in [1.165, 1.54) is 18.2 Å². The molecule has 0 amide bonds. The molecule has 1 N–H and O–H groups in total. The maximum atomic E-state index is 14.0. The van der Waals surface area contributed by atoms with Crippen molar-refractivity contribution in [3.8, 4) is 5.75 Å². The number of rotatable bonds is 6. The summed E-state index contributed by atoms with van der Waals surface area (Å²) in [6.07, 6.45) is 0. The monoisotopic (exact) mass is 291 g/mol. The summed E-state index contributed by atoms with van der Waals surface area (Å²) >= 11 is 0. The molecule has 21 heavy (non-hydrogen) atoms. The third kappa shape index (κ3) is 4.26. The minimum Gasteiger partial charge on any atom is -0.489 e. The van der Waals surface area contributed by atoms with E-state index in [0.29, 0.717) is 11.3 Å². The molecule has 0 bridgehead atoms. The molecule has 2 nitrogen and oxygen atoms in total. The van der Waals surface area contributed by atoms with Crippen LogP contribution in [-0.2, 0) is 6.61 Å². The Kier molecular flexibility index (Phi) is 5.28. The maximum Gasteiger partial charge on any atom is 0.131 e. The first kappa shape index (κ1) is 15.4. The second-order valence-corrected chi connectivity index (χ2v) is 4.88. The third-order valence-electron chi connectivity index (χ3n) is 3.27. The summed E-state index contributed by atoms with van der Waals surface area (Å²) in [5, 5.41) is 3.17. The molecule has 0 aliphatic rings. The molecule has 1 unspecified atom stereocenters. The molecule has 0 saturated carbocycles. The Morgan fingerprint density at radius 2 is 1.81 bits per heavy atom. The Bertz CT molecular complexity index is 584. The zero-order chi connectivity index (χ0) is 15.2. The lowest BCUT2D eigenvalue weighted by Crippen LogP contribution is -2.18. The number of ether oxygens (including phenoxy) is 1. The van der Waals surface area contributed by atoms with Gasteiger partial charge in [0.25, 0.3) is 0 Å². The summed E-state index contributed by atoms with van der Waals surface area (Å²) < 4.78 is 32.3. The van der Waals surface area contributed by atoms with E-state index in [1.54, 1.807) is 24.3 Å². The Balaban J connectivity index is 2.01. The largest absolute Gasteiger partial charge is 0.489 e. The average Bonchev–Trinajstić information content (AvgIpc) is 2.47. The van der Waals surface area contributed by atoms with E-state index in [-0.39, 0.29) is 24.3 Å². The van der Waals surface area contributed by atoms with Crippen molar-refractivity contribution in [3.05, 3.63) is 65.2 Å². The lowest BCUT2D eigenvalue weighted by Gasteiger charge is -2.14. The van der Waals surface area contributed by atoms with Crippen molar-refractivity contribution in [2.24, 2.45) is 0 Å². The molecular formula is C17H19F2NO. The van der Waals surface area contributed by atoms with Gasteiger partial charge in [-0.2, -0.15) is 0 Å². The van der Waals surface area contributed by atoms with Crippen molar-refractivity contribution in [2.45, 2.75) is 26.5 Å². The molecule has 0 spiro atoms. The van der Waals surface area contributed by atoms with Crippen LogP contribution >= 0.6 is 0 Å². The van der Waals surface area contributed by atoms with E-state index in [0.717, 1.165) is 12.1 Å². The van der Waals surface area contributed by atoms with Gasteiger partial charge in [0.1, 0.15) is 24.0 Å². The lowest BCUT2D eigenvalue weighted by molar-refractivity contribution is 0.304. The number of benzene rings is 2. The lowest BCUT2D eigenvalue weighted by atomic mass is 10.1. The van der Waals surface area contributed by atoms with Crippen LogP contribution in [0.1, 0.15) is 31.0 Å². The SMILES string of the molecule is CCNC(C)c1ccc(OCc2ccc(F)cc2)cc1F. The second kappa shape index (κ2) is 7.18. The van der Waals surface area contributed by atoms with Crippen LogP contribution < -0.4 is 10.1 Å². The van der Waals surface area contributed by atoms with Crippen LogP contribution in [0.4, 0.5) is 8.78 Å². The van der Waals surface area contributed by atoms with Gasteiger partial charge in [-0.1, -0.05) is 25.1 Å². The fourth-order valence-electron chi connectivity index (χ4n) is 2.11. The predicted octanol–water partition coefficient (Wildman–Crippen LogP) is 4.21. The molecule has 2 rings (SSSR count). The molecule has 1 atom stereocenters. The summed E-state index contributed by atoms with van der Waals surface area (Å²) in [5.41, 5.74) is 1.45. The van der Waals surface area contributed by atoms with E-state index in [4.69, 9.17) is 4.74 Å². The molecule has 0 radical (unpaired) electrons. The Labute approximate surface area is 123 Å². The summed E-state index contributed by atoms with van der Waals surface area (Å²) in [4.78, 5) is 0. The maximum absolute atomic E-state index is 14.0. The number of hydrogen-bond acceptors (Lipinski definition) is 2. The first-order valence-corrected chi connectivity index (χ1v) is 7.00. The summed E-state index contributed by atoms with van der Waals surface area (Å²) in [5.74, 6) is -0.115. The van der Waals surface area contributed by atoms with Gasteiger partial charge in [-0.05, 0) is 37.2 Å². The predicted molar refractivity (Wildman–Crippen MR) is 79.2 cm³/mol. The van der Waals surface area contributed by atoms with Gasteiger partial charge >= 0.3 is 0 Å². The standard InChI is InChI=1S/C17H19F2NO/c1-3-20-12(2)16-9-8-15(10-17(16)19)21-11-13-4-6-14(18)7-5-13/h4-10,12,20H,3,11H2,1-2H3. The van der Waals surface area contributed by atoms with E-state index in [9.17, 15) is 8.78 Å². The molecule has 2 aromatic carbocycles. The number of hydrogen-bond donors (Lipinski definition) is 1. The highest BCUT2D eigenvalue weighted by atomic mass is 19.1. The minimum atomic E-state index is -0.292. The smallest absolute Gasteiger partial charge is 0.131 e. The summed E-state index contributed by atoms with van der Waals surface area (Å²) in [7, 11) is 0. The normalized spacial score (nSPS) is 12.2. The van der Waals surface area contributed by atoms with Crippen molar-refractivity contribution in [3.63, 3.8) is 0 Å². The van der Waals surface area contributed by atoms with Crippen molar-refractivity contribution >= 4 is 0 Å². The van der Waals surface area contributed by atoms with Crippen LogP contribution in [0.5, 0.6) is 5.75 Å².